The molecule has 1 aromatic carbocycles. The predicted octanol–water partition coefficient (Wildman–Crippen LogP) is 2.51. The molecule has 4 rings (SSSR count). The summed E-state index contributed by atoms with van der Waals surface area (Å²) < 4.78 is 5.57. The lowest BCUT2D eigenvalue weighted by Crippen LogP contribution is -2.44. The Morgan fingerprint density at radius 2 is 1.93 bits per heavy atom. The van der Waals surface area contributed by atoms with Gasteiger partial charge in [-0.2, -0.15) is 4.98 Å². The highest BCUT2D eigenvalue weighted by atomic mass is 35.5. The third-order valence-electron chi connectivity index (χ3n) is 5.65. The number of hydrogen-bond donors (Lipinski definition) is 1. The number of anilines is 1. The molecule has 2 fully saturated rings. The first-order valence-corrected chi connectivity index (χ1v) is 9.56. The van der Waals surface area contributed by atoms with Gasteiger partial charge >= 0.3 is 0 Å². The van der Waals surface area contributed by atoms with Crippen molar-refractivity contribution in [2.24, 2.45) is 0 Å². The van der Waals surface area contributed by atoms with Gasteiger partial charge in [-0.1, -0.05) is 22.9 Å². The van der Waals surface area contributed by atoms with Gasteiger partial charge in [0.05, 0.1) is 12.0 Å². The van der Waals surface area contributed by atoms with E-state index in [0.717, 1.165) is 36.4 Å². The molecule has 2 saturated heterocycles. The lowest BCUT2D eigenvalue weighted by Gasteiger charge is -2.30. The van der Waals surface area contributed by atoms with Gasteiger partial charge in [-0.15, -0.1) is 12.4 Å². The molecular weight excluding hydrogens is 378 g/mol. The minimum atomic E-state index is -0.0549. The van der Waals surface area contributed by atoms with Crippen LogP contribution >= 0.6 is 12.4 Å². The van der Waals surface area contributed by atoms with Crippen molar-refractivity contribution in [3.05, 3.63) is 40.5 Å². The van der Waals surface area contributed by atoms with E-state index >= 15 is 0 Å². The number of benzene rings is 1. The number of amides is 1. The summed E-state index contributed by atoms with van der Waals surface area (Å²) in [5.74, 6) is 1.34. The van der Waals surface area contributed by atoms with Gasteiger partial charge < -0.3 is 14.7 Å². The highest BCUT2D eigenvalue weighted by Gasteiger charge is 2.37. The number of nitrogens with one attached hydrogen (secondary N) is 1. The maximum atomic E-state index is 12.7. The molecule has 3 heterocycles. The van der Waals surface area contributed by atoms with E-state index in [9.17, 15) is 4.79 Å². The Balaban J connectivity index is 0.00000225. The van der Waals surface area contributed by atoms with Gasteiger partial charge in [0.15, 0.2) is 5.82 Å². The molecule has 2 aromatic rings. The molecule has 1 aromatic heterocycles. The van der Waals surface area contributed by atoms with Crippen LogP contribution in [0.3, 0.4) is 0 Å². The maximum Gasteiger partial charge on any atom is 0.232 e. The number of carbonyl (C=O) groups excluding carboxylic acids is 1. The summed E-state index contributed by atoms with van der Waals surface area (Å²) in [5, 5.41) is 7.58. The van der Waals surface area contributed by atoms with Crippen molar-refractivity contribution in [1.29, 1.82) is 0 Å². The molecule has 0 saturated carbocycles. The second-order valence-corrected chi connectivity index (χ2v) is 7.84. The van der Waals surface area contributed by atoms with E-state index in [4.69, 9.17) is 4.52 Å². The van der Waals surface area contributed by atoms with Crippen LogP contribution in [-0.4, -0.2) is 54.2 Å². The molecular formula is C20H28ClN5O2. The predicted molar refractivity (Wildman–Crippen MR) is 110 cm³/mol. The van der Waals surface area contributed by atoms with Crippen molar-refractivity contribution in [2.45, 2.75) is 39.2 Å². The zero-order chi connectivity index (χ0) is 19.1. The van der Waals surface area contributed by atoms with Crippen molar-refractivity contribution in [3.8, 4) is 0 Å². The largest absolute Gasteiger partial charge is 0.339 e. The van der Waals surface area contributed by atoms with E-state index in [2.05, 4.69) is 60.3 Å². The zero-order valence-electron chi connectivity index (χ0n) is 16.9. The highest BCUT2D eigenvalue weighted by Crippen LogP contribution is 2.35. The number of likely N-dealkylation sites (N-methyl/N-ethyl adjacent to an activating group) is 1. The van der Waals surface area contributed by atoms with Gasteiger partial charge in [0.1, 0.15) is 0 Å². The minimum absolute atomic E-state index is 0. The number of rotatable bonds is 3. The van der Waals surface area contributed by atoms with Crippen LogP contribution in [0.4, 0.5) is 5.69 Å². The van der Waals surface area contributed by atoms with Gasteiger partial charge in [-0.25, -0.2) is 0 Å². The molecule has 1 amide bonds. The van der Waals surface area contributed by atoms with E-state index in [1.165, 1.54) is 5.56 Å². The van der Waals surface area contributed by atoms with E-state index in [1.807, 2.05) is 4.90 Å². The Bertz CT molecular complexity index is 845. The molecule has 7 nitrogen and oxygen atoms in total. The molecule has 2 aliphatic rings. The number of halogens is 1. The summed E-state index contributed by atoms with van der Waals surface area (Å²) in [7, 11) is 2.07. The summed E-state index contributed by atoms with van der Waals surface area (Å²) in [6, 6.07) is 4.37. The first-order valence-electron chi connectivity index (χ1n) is 9.56. The molecule has 1 N–H and O–H groups in total. The third kappa shape index (κ3) is 3.79. The number of carbonyl (C=O) groups is 1. The summed E-state index contributed by atoms with van der Waals surface area (Å²) in [5.41, 5.74) is 4.48. The number of aromatic nitrogens is 2. The maximum absolute atomic E-state index is 12.7. The molecule has 0 bridgehead atoms. The Hall–Kier alpha value is -1.96. The average Bonchev–Trinajstić information content (AvgIpc) is 3.22. The molecule has 0 radical (unpaired) electrons. The lowest BCUT2D eigenvalue weighted by molar-refractivity contribution is -0.117. The van der Waals surface area contributed by atoms with E-state index < -0.39 is 0 Å². The molecule has 2 aliphatic heterocycles. The summed E-state index contributed by atoms with van der Waals surface area (Å²) in [6.07, 6.45) is 0.410. The second kappa shape index (κ2) is 8.19. The Morgan fingerprint density at radius 3 is 2.61 bits per heavy atom. The highest BCUT2D eigenvalue weighted by molar-refractivity contribution is 5.97. The second-order valence-electron chi connectivity index (χ2n) is 7.84. The van der Waals surface area contributed by atoms with Crippen molar-refractivity contribution in [1.82, 2.24) is 20.4 Å². The fourth-order valence-corrected chi connectivity index (χ4v) is 4.33. The van der Waals surface area contributed by atoms with E-state index in [0.29, 0.717) is 24.7 Å². The number of piperazine rings is 1. The molecule has 28 heavy (non-hydrogen) atoms. The summed E-state index contributed by atoms with van der Waals surface area (Å²) in [4.78, 5) is 21.5. The van der Waals surface area contributed by atoms with Crippen molar-refractivity contribution in [3.63, 3.8) is 0 Å². The average molecular weight is 406 g/mol. The summed E-state index contributed by atoms with van der Waals surface area (Å²) in [6.45, 7) is 9.53. The van der Waals surface area contributed by atoms with Crippen LogP contribution in [0.5, 0.6) is 0 Å². The van der Waals surface area contributed by atoms with Crippen LogP contribution < -0.4 is 10.2 Å². The molecule has 8 heteroatoms. The topological polar surface area (TPSA) is 74.5 Å². The van der Waals surface area contributed by atoms with Crippen LogP contribution in [-0.2, 0) is 4.79 Å². The minimum Gasteiger partial charge on any atom is -0.339 e. The molecule has 152 valence electrons. The van der Waals surface area contributed by atoms with Gasteiger partial charge in [-0.05, 0) is 38.9 Å². The van der Waals surface area contributed by atoms with Gasteiger partial charge in [0, 0.05) is 38.3 Å². The fraction of sp³-hybridized carbons (Fsp3) is 0.550. The molecule has 0 spiro atoms. The van der Waals surface area contributed by atoms with Gasteiger partial charge in [-0.3, -0.25) is 9.69 Å². The van der Waals surface area contributed by atoms with Crippen LogP contribution in [0, 0.1) is 20.8 Å². The smallest absolute Gasteiger partial charge is 0.232 e. The molecule has 2 unspecified atom stereocenters. The van der Waals surface area contributed by atoms with E-state index in [1.54, 1.807) is 0 Å². The Labute approximate surface area is 171 Å². The lowest BCUT2D eigenvalue weighted by atomic mass is 10.0. The first-order chi connectivity index (χ1) is 12.9. The molecule has 2 atom stereocenters. The standard InChI is InChI=1S/C20H27N5O2.ClH/c1-12-7-13(2)18(14(3)8-12)25-11-15(9-17(25)26)20-22-19(23-27-20)16-10-21-5-6-24(16)4;/h7-8,15-16,21H,5-6,9-11H2,1-4H3;1H. The van der Waals surface area contributed by atoms with Gasteiger partial charge in [0.25, 0.3) is 0 Å². The van der Waals surface area contributed by atoms with Crippen molar-refractivity contribution in [2.75, 3.05) is 38.1 Å². The van der Waals surface area contributed by atoms with E-state index in [-0.39, 0.29) is 30.3 Å². The Morgan fingerprint density at radius 1 is 1.21 bits per heavy atom. The van der Waals surface area contributed by atoms with Crippen LogP contribution in [0.2, 0.25) is 0 Å². The number of nitrogens with zero attached hydrogens (tertiary/aromatic N) is 4. The number of aryl methyl sites for hydroxylation is 3. The SMILES string of the molecule is Cc1cc(C)c(N2CC(c3nc(C4CNCCN4C)no3)CC2=O)c(C)c1.Cl. The normalized spacial score (nSPS) is 23.1. The van der Waals surface area contributed by atoms with Gasteiger partial charge in [0.2, 0.25) is 11.8 Å². The fourth-order valence-electron chi connectivity index (χ4n) is 4.33. The molecule has 0 aliphatic carbocycles. The van der Waals surface area contributed by atoms with Crippen LogP contribution in [0.1, 0.15) is 46.8 Å². The van der Waals surface area contributed by atoms with Crippen LogP contribution in [0.15, 0.2) is 16.7 Å². The number of hydrogen-bond acceptors (Lipinski definition) is 6. The van der Waals surface area contributed by atoms with Crippen molar-refractivity contribution < 1.29 is 9.32 Å². The summed E-state index contributed by atoms with van der Waals surface area (Å²) >= 11 is 0. The van der Waals surface area contributed by atoms with Crippen LogP contribution in [0.25, 0.3) is 0 Å². The third-order valence-corrected chi connectivity index (χ3v) is 5.65. The monoisotopic (exact) mass is 405 g/mol. The quantitative estimate of drug-likeness (QED) is 0.845. The first kappa shape index (κ1) is 20.8. The Kier molecular flexibility index (Phi) is 6.07. The zero-order valence-corrected chi connectivity index (χ0v) is 17.7. The van der Waals surface area contributed by atoms with Crippen molar-refractivity contribution >= 4 is 24.0 Å².